The highest BCUT2D eigenvalue weighted by molar-refractivity contribution is 6.02. The first-order valence-corrected chi connectivity index (χ1v) is 7.37. The van der Waals surface area contributed by atoms with Gasteiger partial charge in [-0.3, -0.25) is 0 Å². The summed E-state index contributed by atoms with van der Waals surface area (Å²) in [4.78, 5) is 0. The van der Waals surface area contributed by atoms with E-state index < -0.39 is 0 Å². The van der Waals surface area contributed by atoms with Gasteiger partial charge >= 0.3 is 0 Å². The van der Waals surface area contributed by atoms with Gasteiger partial charge < -0.3 is 5.73 Å². The zero-order chi connectivity index (χ0) is 12.8. The first-order valence-electron chi connectivity index (χ1n) is 7.37. The maximum atomic E-state index is 6.38. The highest BCUT2D eigenvalue weighted by Gasteiger charge is 2.18. The molecule has 0 heterocycles. The van der Waals surface area contributed by atoms with Crippen LogP contribution in [-0.2, 0) is 19.3 Å². The Morgan fingerprint density at radius 3 is 2.79 bits per heavy atom. The number of anilines is 1. The number of rotatable bonds is 0. The van der Waals surface area contributed by atoms with Crippen LogP contribution in [0.15, 0.2) is 24.3 Å². The molecule has 1 nitrogen and oxygen atoms in total. The van der Waals surface area contributed by atoms with Gasteiger partial charge in [-0.2, -0.15) is 0 Å². The summed E-state index contributed by atoms with van der Waals surface area (Å²) in [7, 11) is 0. The molecule has 0 bridgehead atoms. The third-order valence-electron chi connectivity index (χ3n) is 4.65. The number of nitrogen functional groups attached to an aromatic ring is 1. The van der Waals surface area contributed by atoms with Crippen molar-refractivity contribution in [2.45, 2.75) is 38.5 Å². The van der Waals surface area contributed by atoms with Gasteiger partial charge in [-0.05, 0) is 72.2 Å². The molecule has 19 heavy (non-hydrogen) atoms. The van der Waals surface area contributed by atoms with E-state index in [1.165, 1.54) is 58.7 Å². The van der Waals surface area contributed by atoms with E-state index in [2.05, 4.69) is 30.4 Å². The molecule has 0 unspecified atom stereocenters. The fraction of sp³-hybridized carbons (Fsp3) is 0.333. The van der Waals surface area contributed by atoms with Gasteiger partial charge in [-0.15, -0.1) is 0 Å². The van der Waals surface area contributed by atoms with Crippen LogP contribution in [0.4, 0.5) is 5.69 Å². The Morgan fingerprint density at radius 1 is 0.947 bits per heavy atom. The van der Waals surface area contributed by atoms with Crippen molar-refractivity contribution < 1.29 is 0 Å². The predicted molar refractivity (Wildman–Crippen MR) is 82.4 cm³/mol. The second kappa shape index (κ2) is 4.12. The lowest BCUT2D eigenvalue weighted by molar-refractivity contribution is 0.690. The summed E-state index contributed by atoms with van der Waals surface area (Å²) in [5.74, 6) is 0. The summed E-state index contributed by atoms with van der Waals surface area (Å²) in [6, 6.07) is 6.85. The standard InChI is InChI=1S/C18H19N/c19-17-11-13-6-2-3-7-14(13)16-10-9-12-5-1-4-8-15(12)18(16)17/h3,7,9-11H,1-2,4-6,8,19H2. The normalized spacial score (nSPS) is 17.3. The minimum atomic E-state index is 0.989. The van der Waals surface area contributed by atoms with Gasteiger partial charge in [0.1, 0.15) is 0 Å². The fourth-order valence-corrected chi connectivity index (χ4v) is 3.74. The molecule has 0 atom stereocenters. The van der Waals surface area contributed by atoms with Crippen molar-refractivity contribution in [3.8, 4) is 0 Å². The number of nitrogens with two attached hydrogens (primary N) is 1. The molecule has 2 aliphatic carbocycles. The summed E-state index contributed by atoms with van der Waals surface area (Å²) in [6.07, 6.45) is 11.9. The molecule has 2 aromatic rings. The summed E-state index contributed by atoms with van der Waals surface area (Å²) >= 11 is 0. The molecule has 0 spiro atoms. The van der Waals surface area contributed by atoms with E-state index in [9.17, 15) is 0 Å². The van der Waals surface area contributed by atoms with Gasteiger partial charge in [0, 0.05) is 11.1 Å². The molecular weight excluding hydrogens is 230 g/mol. The van der Waals surface area contributed by atoms with E-state index in [0.717, 1.165) is 18.5 Å². The molecule has 0 radical (unpaired) electrons. The van der Waals surface area contributed by atoms with Gasteiger partial charge in [-0.1, -0.05) is 24.3 Å². The Labute approximate surface area is 114 Å². The molecule has 0 fully saturated rings. The summed E-state index contributed by atoms with van der Waals surface area (Å²) in [5, 5.41) is 2.70. The quantitative estimate of drug-likeness (QED) is 0.694. The largest absolute Gasteiger partial charge is 0.398 e. The maximum absolute atomic E-state index is 6.38. The van der Waals surface area contributed by atoms with Crippen molar-refractivity contribution in [3.05, 3.63) is 46.5 Å². The van der Waals surface area contributed by atoms with Crippen LogP contribution in [-0.4, -0.2) is 0 Å². The van der Waals surface area contributed by atoms with Gasteiger partial charge in [0.25, 0.3) is 0 Å². The second-order valence-corrected chi connectivity index (χ2v) is 5.81. The first kappa shape index (κ1) is 11.1. The Morgan fingerprint density at radius 2 is 1.84 bits per heavy atom. The van der Waals surface area contributed by atoms with E-state index in [4.69, 9.17) is 5.73 Å². The van der Waals surface area contributed by atoms with Crippen molar-refractivity contribution >= 4 is 22.5 Å². The fourth-order valence-electron chi connectivity index (χ4n) is 3.74. The molecule has 0 saturated carbocycles. The average Bonchev–Trinajstić information content (AvgIpc) is 2.46. The summed E-state index contributed by atoms with van der Waals surface area (Å²) in [6.45, 7) is 0. The van der Waals surface area contributed by atoms with Crippen LogP contribution in [0.3, 0.4) is 0 Å². The van der Waals surface area contributed by atoms with Gasteiger partial charge in [0.15, 0.2) is 0 Å². The lowest BCUT2D eigenvalue weighted by Crippen LogP contribution is -2.06. The highest BCUT2D eigenvalue weighted by Crippen LogP contribution is 2.37. The molecule has 0 aliphatic heterocycles. The van der Waals surface area contributed by atoms with Crippen LogP contribution in [0, 0.1) is 0 Å². The van der Waals surface area contributed by atoms with Crippen molar-refractivity contribution in [3.63, 3.8) is 0 Å². The Balaban J connectivity index is 2.11. The van der Waals surface area contributed by atoms with Crippen LogP contribution in [0.5, 0.6) is 0 Å². The number of aryl methyl sites for hydroxylation is 3. The van der Waals surface area contributed by atoms with Crippen LogP contribution >= 0.6 is 0 Å². The summed E-state index contributed by atoms with van der Waals surface area (Å²) in [5.41, 5.74) is 13.2. The smallest absolute Gasteiger partial charge is 0.0399 e. The average molecular weight is 249 g/mol. The second-order valence-electron chi connectivity index (χ2n) is 5.81. The third kappa shape index (κ3) is 1.61. The number of hydrogen-bond donors (Lipinski definition) is 1. The molecule has 0 saturated heterocycles. The minimum Gasteiger partial charge on any atom is -0.398 e. The molecule has 2 aliphatic rings. The molecule has 2 aromatic carbocycles. The lowest BCUT2D eigenvalue weighted by atomic mass is 9.83. The monoisotopic (exact) mass is 249 g/mol. The molecule has 1 heteroatoms. The Bertz CT molecular complexity index is 695. The topological polar surface area (TPSA) is 26.0 Å². The number of allylic oxidation sites excluding steroid dienone is 1. The van der Waals surface area contributed by atoms with E-state index in [1.807, 2.05) is 0 Å². The molecule has 96 valence electrons. The Kier molecular flexibility index (Phi) is 2.41. The minimum absolute atomic E-state index is 0.989. The third-order valence-corrected chi connectivity index (χ3v) is 4.65. The molecule has 2 N–H and O–H groups in total. The first-order chi connectivity index (χ1) is 9.34. The van der Waals surface area contributed by atoms with Crippen molar-refractivity contribution in [1.29, 1.82) is 0 Å². The molecule has 0 amide bonds. The van der Waals surface area contributed by atoms with Gasteiger partial charge in [-0.25, -0.2) is 0 Å². The van der Waals surface area contributed by atoms with Crippen LogP contribution in [0.1, 0.15) is 41.5 Å². The van der Waals surface area contributed by atoms with E-state index in [-0.39, 0.29) is 0 Å². The van der Waals surface area contributed by atoms with E-state index >= 15 is 0 Å². The van der Waals surface area contributed by atoms with Crippen molar-refractivity contribution in [2.75, 3.05) is 5.73 Å². The summed E-state index contributed by atoms with van der Waals surface area (Å²) < 4.78 is 0. The number of hydrogen-bond acceptors (Lipinski definition) is 1. The molecule has 4 rings (SSSR count). The van der Waals surface area contributed by atoms with Crippen LogP contribution in [0.2, 0.25) is 0 Å². The van der Waals surface area contributed by atoms with E-state index in [0.29, 0.717) is 0 Å². The number of benzene rings is 2. The predicted octanol–water partition coefficient (Wildman–Crippen LogP) is 4.26. The van der Waals surface area contributed by atoms with Gasteiger partial charge in [0.05, 0.1) is 0 Å². The van der Waals surface area contributed by atoms with E-state index in [1.54, 1.807) is 0 Å². The number of fused-ring (bicyclic) bond motifs is 5. The van der Waals surface area contributed by atoms with Crippen molar-refractivity contribution in [1.82, 2.24) is 0 Å². The highest BCUT2D eigenvalue weighted by atomic mass is 14.6. The SMILES string of the molecule is Nc1cc2c(c3ccc4c(c13)CCCC4)C=CCC2. The lowest BCUT2D eigenvalue weighted by Gasteiger charge is -2.22. The maximum Gasteiger partial charge on any atom is 0.0399 e. The zero-order valence-corrected chi connectivity index (χ0v) is 11.2. The van der Waals surface area contributed by atoms with Gasteiger partial charge in [0.2, 0.25) is 0 Å². The Hall–Kier alpha value is -1.76. The molecular formula is C18H19N. The molecule has 0 aromatic heterocycles. The van der Waals surface area contributed by atoms with Crippen LogP contribution in [0.25, 0.3) is 16.8 Å². The van der Waals surface area contributed by atoms with Crippen LogP contribution < -0.4 is 5.73 Å². The zero-order valence-electron chi connectivity index (χ0n) is 11.2. The van der Waals surface area contributed by atoms with Crippen molar-refractivity contribution in [2.24, 2.45) is 0 Å².